The van der Waals surface area contributed by atoms with Gasteiger partial charge in [-0.1, -0.05) is 19.8 Å². The maximum atomic E-state index is 13.3. The molecule has 0 aromatic heterocycles. The highest BCUT2D eigenvalue weighted by atomic mass is 19.4. The van der Waals surface area contributed by atoms with Gasteiger partial charge in [-0.2, -0.15) is 35.1 Å². The van der Waals surface area contributed by atoms with Crippen LogP contribution in [-0.2, 0) is 0 Å². The molecule has 128 valence electrons. The summed E-state index contributed by atoms with van der Waals surface area (Å²) in [5, 5.41) is 8.29. The minimum absolute atomic E-state index is 0.0954. The summed E-state index contributed by atoms with van der Waals surface area (Å²) < 4.78 is 106. The van der Waals surface area contributed by atoms with Gasteiger partial charge in [0.15, 0.2) is 0 Å². The van der Waals surface area contributed by atoms with Gasteiger partial charge in [0, 0.05) is 19.4 Å². The summed E-state index contributed by atoms with van der Waals surface area (Å²) in [6.45, 7) is 0.637. The van der Waals surface area contributed by atoms with Gasteiger partial charge in [0.2, 0.25) is 0 Å². The lowest BCUT2D eigenvalue weighted by molar-refractivity contribution is -0.368. The summed E-state index contributed by atoms with van der Waals surface area (Å²) in [6, 6.07) is 0. The van der Waals surface area contributed by atoms with Crippen LogP contribution in [0.5, 0.6) is 0 Å². The fourth-order valence-electron chi connectivity index (χ4n) is 1.67. The van der Waals surface area contributed by atoms with Crippen LogP contribution >= 0.6 is 0 Å². The summed E-state index contributed by atoms with van der Waals surface area (Å²) in [5.74, 6) is -23.0. The van der Waals surface area contributed by atoms with Crippen molar-refractivity contribution >= 4 is 0 Å². The third kappa shape index (κ3) is 4.20. The second-order valence-electron chi connectivity index (χ2n) is 4.84. The third-order valence-corrected chi connectivity index (χ3v) is 3.06. The SMILES string of the molecule is CCCCCC(F)(F)C(F)(F)C(F)(F)C(F)(F)CCCO. The lowest BCUT2D eigenvalue weighted by atomic mass is 9.93. The smallest absolute Gasteiger partial charge is 0.378 e. The highest BCUT2D eigenvalue weighted by Gasteiger charge is 2.79. The molecule has 0 heterocycles. The number of alkyl halides is 8. The molecular weight excluding hydrogens is 312 g/mol. The van der Waals surface area contributed by atoms with E-state index in [9.17, 15) is 35.1 Å². The van der Waals surface area contributed by atoms with E-state index in [-0.39, 0.29) is 6.42 Å². The zero-order valence-electron chi connectivity index (χ0n) is 11.4. The van der Waals surface area contributed by atoms with E-state index >= 15 is 0 Å². The first-order valence-electron chi connectivity index (χ1n) is 6.49. The van der Waals surface area contributed by atoms with Gasteiger partial charge < -0.3 is 5.11 Å². The predicted molar refractivity (Wildman–Crippen MR) is 60.2 cm³/mol. The maximum Gasteiger partial charge on any atom is 0.378 e. The topological polar surface area (TPSA) is 20.2 Å². The molecular formula is C12H18F8O. The van der Waals surface area contributed by atoms with E-state index in [1.54, 1.807) is 6.92 Å². The predicted octanol–water partition coefficient (Wildman–Crippen LogP) is 4.88. The Kier molecular flexibility index (Phi) is 6.90. The highest BCUT2D eigenvalue weighted by molar-refractivity contribution is 5.03. The number of hydrogen-bond acceptors (Lipinski definition) is 1. The first-order valence-corrected chi connectivity index (χ1v) is 6.49. The van der Waals surface area contributed by atoms with E-state index in [1.807, 2.05) is 0 Å². The van der Waals surface area contributed by atoms with Crippen molar-refractivity contribution in [3.63, 3.8) is 0 Å². The number of unbranched alkanes of at least 4 members (excludes halogenated alkanes) is 2. The molecule has 0 aliphatic rings. The monoisotopic (exact) mass is 330 g/mol. The Morgan fingerprint density at radius 3 is 1.38 bits per heavy atom. The minimum Gasteiger partial charge on any atom is -0.396 e. The van der Waals surface area contributed by atoms with Gasteiger partial charge in [-0.05, 0) is 12.8 Å². The second kappa shape index (κ2) is 7.11. The van der Waals surface area contributed by atoms with Crippen LogP contribution < -0.4 is 0 Å². The fourth-order valence-corrected chi connectivity index (χ4v) is 1.67. The van der Waals surface area contributed by atoms with Crippen LogP contribution in [0.25, 0.3) is 0 Å². The van der Waals surface area contributed by atoms with Gasteiger partial charge in [0.1, 0.15) is 0 Å². The van der Waals surface area contributed by atoms with E-state index < -0.39 is 56.0 Å². The van der Waals surface area contributed by atoms with E-state index in [4.69, 9.17) is 5.11 Å². The first-order chi connectivity index (χ1) is 9.37. The normalized spacial score (nSPS) is 14.6. The molecule has 0 radical (unpaired) electrons. The van der Waals surface area contributed by atoms with Gasteiger partial charge >= 0.3 is 23.7 Å². The van der Waals surface area contributed by atoms with Gasteiger partial charge in [-0.25, -0.2) is 0 Å². The summed E-state index contributed by atoms with van der Waals surface area (Å²) in [7, 11) is 0. The molecule has 21 heavy (non-hydrogen) atoms. The summed E-state index contributed by atoms with van der Waals surface area (Å²) in [5.41, 5.74) is 0. The zero-order chi connectivity index (χ0) is 16.9. The third-order valence-electron chi connectivity index (χ3n) is 3.06. The van der Waals surface area contributed by atoms with Crippen LogP contribution in [0.15, 0.2) is 0 Å². The van der Waals surface area contributed by atoms with Crippen LogP contribution in [0.3, 0.4) is 0 Å². The van der Waals surface area contributed by atoms with E-state index in [0.717, 1.165) is 0 Å². The van der Waals surface area contributed by atoms with Crippen molar-refractivity contribution < 1.29 is 40.2 Å². The van der Waals surface area contributed by atoms with Gasteiger partial charge in [-0.15, -0.1) is 0 Å². The Morgan fingerprint density at radius 1 is 0.667 bits per heavy atom. The van der Waals surface area contributed by atoms with Crippen LogP contribution in [0.1, 0.15) is 45.4 Å². The number of halogens is 8. The van der Waals surface area contributed by atoms with Crippen molar-refractivity contribution in [2.45, 2.75) is 69.1 Å². The van der Waals surface area contributed by atoms with E-state index in [2.05, 4.69) is 0 Å². The first kappa shape index (κ1) is 20.4. The summed E-state index contributed by atoms with van der Waals surface area (Å²) >= 11 is 0. The van der Waals surface area contributed by atoms with Gasteiger partial charge in [0.05, 0.1) is 0 Å². The largest absolute Gasteiger partial charge is 0.396 e. The van der Waals surface area contributed by atoms with Crippen LogP contribution in [0.4, 0.5) is 35.1 Å². The maximum absolute atomic E-state index is 13.3. The molecule has 0 bridgehead atoms. The quantitative estimate of drug-likeness (QED) is 0.447. The molecule has 0 aromatic carbocycles. The van der Waals surface area contributed by atoms with Crippen molar-refractivity contribution in [2.75, 3.05) is 6.61 Å². The molecule has 0 spiro atoms. The average molecular weight is 330 g/mol. The van der Waals surface area contributed by atoms with Crippen molar-refractivity contribution in [2.24, 2.45) is 0 Å². The van der Waals surface area contributed by atoms with Crippen molar-refractivity contribution in [1.29, 1.82) is 0 Å². The Labute approximate surface area is 117 Å². The van der Waals surface area contributed by atoms with Crippen LogP contribution in [-0.4, -0.2) is 35.4 Å². The Hall–Kier alpha value is -0.600. The molecule has 0 amide bonds. The molecule has 0 aliphatic heterocycles. The molecule has 0 saturated heterocycles. The molecule has 0 saturated carbocycles. The Bertz CT molecular complexity index is 316. The Morgan fingerprint density at radius 2 is 1.05 bits per heavy atom. The lowest BCUT2D eigenvalue weighted by Gasteiger charge is -2.37. The van der Waals surface area contributed by atoms with Crippen LogP contribution in [0, 0.1) is 0 Å². The molecule has 0 rings (SSSR count). The second-order valence-corrected chi connectivity index (χ2v) is 4.84. The summed E-state index contributed by atoms with van der Waals surface area (Å²) in [6.07, 6.45) is -4.31. The Balaban J connectivity index is 5.24. The van der Waals surface area contributed by atoms with Crippen molar-refractivity contribution in [1.82, 2.24) is 0 Å². The van der Waals surface area contributed by atoms with Crippen molar-refractivity contribution in [3.05, 3.63) is 0 Å². The number of aliphatic hydroxyl groups is 1. The van der Waals surface area contributed by atoms with E-state index in [0.29, 0.717) is 6.42 Å². The number of rotatable bonds is 10. The van der Waals surface area contributed by atoms with Crippen LogP contribution in [0.2, 0.25) is 0 Å². The molecule has 0 atom stereocenters. The minimum atomic E-state index is -6.20. The standard InChI is InChI=1S/C12H18F8O/c1-2-3-4-6-9(13,14)11(17,18)12(19,20)10(15,16)7-5-8-21/h21H,2-8H2,1H3. The highest BCUT2D eigenvalue weighted by Crippen LogP contribution is 2.55. The number of hydrogen-bond donors (Lipinski definition) is 1. The average Bonchev–Trinajstić information content (AvgIpc) is 2.35. The van der Waals surface area contributed by atoms with Crippen molar-refractivity contribution in [3.8, 4) is 0 Å². The molecule has 1 nitrogen and oxygen atoms in total. The van der Waals surface area contributed by atoms with Gasteiger partial charge in [0.25, 0.3) is 0 Å². The van der Waals surface area contributed by atoms with E-state index in [1.165, 1.54) is 0 Å². The van der Waals surface area contributed by atoms with Gasteiger partial charge in [-0.3, -0.25) is 0 Å². The fraction of sp³-hybridized carbons (Fsp3) is 1.00. The molecule has 0 fully saturated rings. The summed E-state index contributed by atoms with van der Waals surface area (Å²) in [4.78, 5) is 0. The number of aliphatic hydroxyl groups excluding tert-OH is 1. The molecule has 0 aromatic rings. The molecule has 1 N–H and O–H groups in total. The lowest BCUT2D eigenvalue weighted by Crippen LogP contribution is -2.62. The molecule has 0 aliphatic carbocycles. The zero-order valence-corrected chi connectivity index (χ0v) is 11.4. The molecule has 0 unspecified atom stereocenters. The molecule has 9 heteroatoms.